The van der Waals surface area contributed by atoms with E-state index in [2.05, 4.69) is 15.3 Å². The number of rotatable bonds is 4. The minimum Gasteiger partial charge on any atom is -0.304 e. The standard InChI is InChI=1S/C15H18FN3/c1-4-17-14(15-18-8-11(3)9-19-15)12-5-10(2)6-13(16)7-12/h5-9,14,17H,4H2,1-3H3. The van der Waals surface area contributed by atoms with Gasteiger partial charge in [0.05, 0.1) is 6.04 Å². The summed E-state index contributed by atoms with van der Waals surface area (Å²) in [7, 11) is 0. The quantitative estimate of drug-likeness (QED) is 0.917. The summed E-state index contributed by atoms with van der Waals surface area (Å²) >= 11 is 0. The monoisotopic (exact) mass is 259 g/mol. The Kier molecular flexibility index (Phi) is 4.22. The number of benzene rings is 1. The van der Waals surface area contributed by atoms with Crippen LogP contribution in [0.3, 0.4) is 0 Å². The summed E-state index contributed by atoms with van der Waals surface area (Å²) in [5, 5.41) is 3.30. The van der Waals surface area contributed by atoms with Crippen molar-refractivity contribution in [1.82, 2.24) is 15.3 Å². The van der Waals surface area contributed by atoms with Crippen LogP contribution < -0.4 is 5.32 Å². The maximum atomic E-state index is 13.5. The highest BCUT2D eigenvalue weighted by Crippen LogP contribution is 2.21. The van der Waals surface area contributed by atoms with Gasteiger partial charge in [0, 0.05) is 12.4 Å². The maximum Gasteiger partial charge on any atom is 0.149 e. The van der Waals surface area contributed by atoms with Crippen LogP contribution in [0.1, 0.15) is 35.5 Å². The van der Waals surface area contributed by atoms with Gasteiger partial charge in [-0.1, -0.05) is 13.0 Å². The van der Waals surface area contributed by atoms with Crippen molar-refractivity contribution in [3.63, 3.8) is 0 Å². The molecule has 0 aliphatic heterocycles. The SMILES string of the molecule is CCNC(c1cc(C)cc(F)c1)c1ncc(C)cn1. The maximum absolute atomic E-state index is 13.5. The second kappa shape index (κ2) is 5.89. The van der Waals surface area contributed by atoms with E-state index in [9.17, 15) is 4.39 Å². The molecule has 100 valence electrons. The molecule has 2 rings (SSSR count). The highest BCUT2D eigenvalue weighted by molar-refractivity contribution is 5.30. The molecule has 2 aromatic rings. The summed E-state index contributed by atoms with van der Waals surface area (Å²) in [6, 6.07) is 4.83. The third-order valence-corrected chi connectivity index (χ3v) is 2.87. The smallest absolute Gasteiger partial charge is 0.149 e. The van der Waals surface area contributed by atoms with Crippen LogP contribution in [-0.4, -0.2) is 16.5 Å². The van der Waals surface area contributed by atoms with Gasteiger partial charge in [-0.15, -0.1) is 0 Å². The number of hydrogen-bond donors (Lipinski definition) is 1. The first-order valence-corrected chi connectivity index (χ1v) is 6.39. The van der Waals surface area contributed by atoms with E-state index < -0.39 is 0 Å². The van der Waals surface area contributed by atoms with Crippen LogP contribution in [0.15, 0.2) is 30.6 Å². The van der Waals surface area contributed by atoms with Crippen molar-refractivity contribution >= 4 is 0 Å². The first kappa shape index (κ1) is 13.6. The van der Waals surface area contributed by atoms with Gasteiger partial charge < -0.3 is 5.32 Å². The number of hydrogen-bond acceptors (Lipinski definition) is 3. The molecule has 1 unspecified atom stereocenters. The lowest BCUT2D eigenvalue weighted by Crippen LogP contribution is -2.24. The van der Waals surface area contributed by atoms with Crippen LogP contribution in [0.2, 0.25) is 0 Å². The van der Waals surface area contributed by atoms with E-state index in [0.717, 1.165) is 23.2 Å². The second-order valence-corrected chi connectivity index (χ2v) is 4.67. The van der Waals surface area contributed by atoms with Crippen LogP contribution in [0.25, 0.3) is 0 Å². The van der Waals surface area contributed by atoms with Gasteiger partial charge in [-0.3, -0.25) is 0 Å². The molecule has 1 aromatic heterocycles. The number of halogens is 1. The van der Waals surface area contributed by atoms with Gasteiger partial charge in [0.15, 0.2) is 0 Å². The number of nitrogens with zero attached hydrogens (tertiary/aromatic N) is 2. The molecule has 0 bridgehead atoms. The van der Waals surface area contributed by atoms with Crippen molar-refractivity contribution < 1.29 is 4.39 Å². The Labute approximate surface area is 112 Å². The van der Waals surface area contributed by atoms with E-state index in [-0.39, 0.29) is 11.9 Å². The van der Waals surface area contributed by atoms with Gasteiger partial charge in [0.2, 0.25) is 0 Å². The van der Waals surface area contributed by atoms with E-state index >= 15 is 0 Å². The Morgan fingerprint density at radius 2 is 1.79 bits per heavy atom. The van der Waals surface area contributed by atoms with Crippen LogP contribution >= 0.6 is 0 Å². The fourth-order valence-corrected chi connectivity index (χ4v) is 2.05. The largest absolute Gasteiger partial charge is 0.304 e. The molecule has 0 saturated heterocycles. The van der Waals surface area contributed by atoms with E-state index in [0.29, 0.717) is 5.82 Å². The lowest BCUT2D eigenvalue weighted by Gasteiger charge is -2.17. The van der Waals surface area contributed by atoms with Crippen molar-refractivity contribution in [1.29, 1.82) is 0 Å². The summed E-state index contributed by atoms with van der Waals surface area (Å²) in [5.74, 6) is 0.433. The Morgan fingerprint density at radius 1 is 1.11 bits per heavy atom. The minimum absolute atomic E-state index is 0.181. The molecule has 0 fully saturated rings. The predicted molar refractivity (Wildman–Crippen MR) is 73.4 cm³/mol. The van der Waals surface area contributed by atoms with Crippen molar-refractivity contribution in [2.24, 2.45) is 0 Å². The van der Waals surface area contributed by atoms with Gasteiger partial charge in [0.1, 0.15) is 11.6 Å². The van der Waals surface area contributed by atoms with Gasteiger partial charge in [-0.2, -0.15) is 0 Å². The Hall–Kier alpha value is -1.81. The third-order valence-electron chi connectivity index (χ3n) is 2.87. The summed E-state index contributed by atoms with van der Waals surface area (Å²) < 4.78 is 13.5. The molecule has 0 aliphatic rings. The molecule has 1 atom stereocenters. The molecule has 1 aromatic carbocycles. The van der Waals surface area contributed by atoms with Gasteiger partial charge in [-0.25, -0.2) is 14.4 Å². The average molecular weight is 259 g/mol. The van der Waals surface area contributed by atoms with Gasteiger partial charge in [0.25, 0.3) is 0 Å². The van der Waals surface area contributed by atoms with Crippen molar-refractivity contribution in [3.8, 4) is 0 Å². The molecule has 3 nitrogen and oxygen atoms in total. The zero-order valence-electron chi connectivity index (χ0n) is 11.4. The molecular formula is C15H18FN3. The molecule has 1 heterocycles. The van der Waals surface area contributed by atoms with Gasteiger partial charge >= 0.3 is 0 Å². The second-order valence-electron chi connectivity index (χ2n) is 4.67. The first-order chi connectivity index (χ1) is 9.10. The molecular weight excluding hydrogens is 241 g/mol. The Morgan fingerprint density at radius 3 is 2.37 bits per heavy atom. The molecule has 0 spiro atoms. The zero-order valence-corrected chi connectivity index (χ0v) is 11.4. The van der Waals surface area contributed by atoms with Crippen molar-refractivity contribution in [3.05, 3.63) is 58.9 Å². The predicted octanol–water partition coefficient (Wildman–Crippen LogP) is 2.93. The molecule has 0 amide bonds. The van der Waals surface area contributed by atoms with Crippen molar-refractivity contribution in [2.75, 3.05) is 6.54 Å². The lowest BCUT2D eigenvalue weighted by atomic mass is 10.0. The summed E-state index contributed by atoms with van der Waals surface area (Å²) in [5.41, 5.74) is 2.75. The Balaban J connectivity index is 2.41. The van der Waals surface area contributed by atoms with E-state index in [1.165, 1.54) is 12.1 Å². The minimum atomic E-state index is -0.231. The lowest BCUT2D eigenvalue weighted by molar-refractivity contribution is 0.582. The number of nitrogens with one attached hydrogen (secondary N) is 1. The summed E-state index contributed by atoms with van der Waals surface area (Å²) in [6.07, 6.45) is 3.55. The molecule has 4 heteroatoms. The zero-order chi connectivity index (χ0) is 13.8. The first-order valence-electron chi connectivity index (χ1n) is 6.39. The number of aromatic nitrogens is 2. The normalized spacial score (nSPS) is 12.4. The summed E-state index contributed by atoms with van der Waals surface area (Å²) in [6.45, 7) is 6.59. The van der Waals surface area contributed by atoms with E-state index in [4.69, 9.17) is 0 Å². The topological polar surface area (TPSA) is 37.8 Å². The van der Waals surface area contributed by atoms with Crippen LogP contribution in [0, 0.1) is 19.7 Å². The van der Waals surface area contributed by atoms with Crippen LogP contribution in [-0.2, 0) is 0 Å². The summed E-state index contributed by atoms with van der Waals surface area (Å²) in [4.78, 5) is 8.67. The molecule has 19 heavy (non-hydrogen) atoms. The van der Waals surface area contributed by atoms with Crippen molar-refractivity contribution in [2.45, 2.75) is 26.8 Å². The number of aryl methyl sites for hydroxylation is 2. The fraction of sp³-hybridized carbons (Fsp3) is 0.333. The highest BCUT2D eigenvalue weighted by atomic mass is 19.1. The average Bonchev–Trinajstić information content (AvgIpc) is 2.36. The van der Waals surface area contributed by atoms with Gasteiger partial charge in [-0.05, 0) is 49.2 Å². The van der Waals surface area contributed by atoms with E-state index in [1.807, 2.05) is 26.8 Å². The highest BCUT2D eigenvalue weighted by Gasteiger charge is 2.16. The Bertz CT molecular complexity index is 532. The molecule has 0 saturated carbocycles. The molecule has 1 N–H and O–H groups in total. The third kappa shape index (κ3) is 3.35. The van der Waals surface area contributed by atoms with Crippen LogP contribution in [0.5, 0.6) is 0 Å². The fourth-order valence-electron chi connectivity index (χ4n) is 2.05. The van der Waals surface area contributed by atoms with E-state index in [1.54, 1.807) is 12.4 Å². The van der Waals surface area contributed by atoms with Crippen LogP contribution in [0.4, 0.5) is 4.39 Å². The molecule has 0 aliphatic carbocycles. The molecule has 0 radical (unpaired) electrons.